The predicted octanol–water partition coefficient (Wildman–Crippen LogP) is 4.77. The van der Waals surface area contributed by atoms with E-state index in [1.165, 1.54) is 43.4 Å². The maximum absolute atomic E-state index is 11.0. The molecule has 10 nitrogen and oxygen atoms in total. The van der Waals surface area contributed by atoms with Crippen LogP contribution in [-0.4, -0.2) is 69.2 Å². The monoisotopic (exact) mass is 622 g/mol. The minimum absolute atomic E-state index is 0.0199. The lowest BCUT2D eigenvalue weighted by atomic mass is 9.94. The van der Waals surface area contributed by atoms with Gasteiger partial charge in [0, 0.05) is 18.5 Å². The van der Waals surface area contributed by atoms with Gasteiger partial charge in [0.25, 0.3) is 6.47 Å². The fourth-order valence-corrected chi connectivity index (χ4v) is 3.29. The Hall–Kier alpha value is -3.37. The number of carbonyl (C=O) groups is 5. The highest BCUT2D eigenvalue weighted by Gasteiger charge is 2.08. The van der Waals surface area contributed by atoms with E-state index in [1.807, 2.05) is 14.0 Å². The summed E-state index contributed by atoms with van der Waals surface area (Å²) in [5, 5.41) is 7.98. The third-order valence-corrected chi connectivity index (χ3v) is 5.43. The number of benzene rings is 1. The van der Waals surface area contributed by atoms with Crippen LogP contribution in [0.15, 0.2) is 30.3 Å². The number of rotatable bonds is 16. The highest BCUT2D eigenvalue weighted by molar-refractivity contribution is 5.80. The maximum atomic E-state index is 11.0. The van der Waals surface area contributed by atoms with Crippen molar-refractivity contribution in [3.05, 3.63) is 41.5 Å². The lowest BCUT2D eigenvalue weighted by molar-refractivity contribution is -0.132. The lowest BCUT2D eigenvalue weighted by Crippen LogP contribution is -2.38. The molecule has 1 aromatic carbocycles. The number of Topliss-reactive ketones (excluding diaryl/α,β-unsaturated/α-hetero) is 1. The SMILES string of the molecule is C/C=C(/CC(C)N)c1ccccc1CC.CC(=O)CCC(C)NC(=O)CNC=O.CC(C)OC=O.CC=O.CCCCNC. The van der Waals surface area contributed by atoms with Crippen molar-refractivity contribution in [1.82, 2.24) is 16.0 Å². The van der Waals surface area contributed by atoms with E-state index in [4.69, 9.17) is 10.5 Å². The molecule has 0 spiro atoms. The van der Waals surface area contributed by atoms with E-state index in [-0.39, 0.29) is 36.4 Å². The number of ketones is 1. The van der Waals surface area contributed by atoms with Crippen molar-refractivity contribution in [2.45, 2.75) is 119 Å². The predicted molar refractivity (Wildman–Crippen MR) is 182 cm³/mol. The summed E-state index contributed by atoms with van der Waals surface area (Å²) in [5.41, 5.74) is 9.99. The zero-order valence-corrected chi connectivity index (χ0v) is 29.0. The van der Waals surface area contributed by atoms with E-state index in [9.17, 15) is 19.2 Å². The molecule has 44 heavy (non-hydrogen) atoms. The number of unbranched alkanes of at least 4 members (excludes halogenated alkanes) is 1. The summed E-state index contributed by atoms with van der Waals surface area (Å²) >= 11 is 0. The molecule has 0 aliphatic rings. The van der Waals surface area contributed by atoms with Crippen molar-refractivity contribution >= 4 is 36.4 Å². The summed E-state index contributed by atoms with van der Waals surface area (Å²) < 4.78 is 4.36. The number of aryl methyl sites for hydroxylation is 1. The summed E-state index contributed by atoms with van der Waals surface area (Å²) in [7, 11) is 1.98. The molecule has 0 saturated heterocycles. The molecule has 2 atom stereocenters. The van der Waals surface area contributed by atoms with E-state index in [2.05, 4.69) is 78.7 Å². The first-order chi connectivity index (χ1) is 20.8. The molecule has 0 aromatic heterocycles. The number of carbonyl (C=O) groups excluding carboxylic acids is 5. The highest BCUT2D eigenvalue weighted by Crippen LogP contribution is 2.23. The fourth-order valence-electron chi connectivity index (χ4n) is 3.29. The number of hydrogen-bond donors (Lipinski definition) is 4. The molecule has 5 N–H and O–H groups in total. The molecule has 0 heterocycles. The Labute approximate surface area is 267 Å². The van der Waals surface area contributed by atoms with E-state index in [0.29, 0.717) is 25.7 Å². The van der Waals surface area contributed by atoms with E-state index in [0.717, 1.165) is 25.7 Å². The van der Waals surface area contributed by atoms with Crippen molar-refractivity contribution in [3.8, 4) is 0 Å². The van der Waals surface area contributed by atoms with Crippen LogP contribution in [-0.2, 0) is 35.1 Å². The van der Waals surface area contributed by atoms with Gasteiger partial charge in [-0.2, -0.15) is 0 Å². The van der Waals surface area contributed by atoms with Gasteiger partial charge in [-0.1, -0.05) is 50.6 Å². The molecule has 0 aliphatic heterocycles. The summed E-state index contributed by atoms with van der Waals surface area (Å²) in [6, 6.07) is 8.76. The number of amides is 2. The van der Waals surface area contributed by atoms with E-state index in [1.54, 1.807) is 13.8 Å². The average Bonchev–Trinajstić information content (AvgIpc) is 2.98. The third kappa shape index (κ3) is 36.7. The van der Waals surface area contributed by atoms with Gasteiger partial charge in [-0.05, 0) is 104 Å². The maximum Gasteiger partial charge on any atom is 0.293 e. The number of hydrogen-bond acceptors (Lipinski definition) is 8. The van der Waals surface area contributed by atoms with Gasteiger partial charge >= 0.3 is 0 Å². The third-order valence-electron chi connectivity index (χ3n) is 5.43. The minimum Gasteiger partial charge on any atom is -0.465 e. The molecule has 2 amide bonds. The van der Waals surface area contributed by atoms with Crippen LogP contribution < -0.4 is 21.7 Å². The van der Waals surface area contributed by atoms with Gasteiger partial charge in [0.05, 0.1) is 12.6 Å². The first kappa shape index (κ1) is 47.6. The van der Waals surface area contributed by atoms with Crippen molar-refractivity contribution < 1.29 is 28.7 Å². The molecule has 0 radical (unpaired) electrons. The van der Waals surface area contributed by atoms with E-state index < -0.39 is 0 Å². The molecule has 1 rings (SSSR count). The Bertz CT molecular complexity index is 884. The second-order valence-electron chi connectivity index (χ2n) is 10.2. The van der Waals surface area contributed by atoms with Crippen LogP contribution in [0, 0.1) is 0 Å². The Balaban J connectivity index is -0.000000253. The fraction of sp³-hybridized carbons (Fsp3) is 0.618. The number of allylic oxidation sites excluding steroid dienone is 1. The minimum atomic E-state index is -0.242. The van der Waals surface area contributed by atoms with Crippen LogP contribution in [0.3, 0.4) is 0 Å². The van der Waals surface area contributed by atoms with Gasteiger partial charge < -0.3 is 36.0 Å². The van der Waals surface area contributed by atoms with Crippen molar-refractivity contribution in [2.75, 3.05) is 20.1 Å². The number of nitrogens with two attached hydrogens (primary N) is 1. The standard InChI is InChI=1S/C14H21N.C9H16N2O3.C5H13N.C4H8O2.C2H4O/c1-4-12-8-6-7-9-14(12)13(5-2)10-11(3)15;1-7(3-4-8(2)13)11-9(14)5-10-6-12;1-3-4-5-6-2;1-4(2)6-3-5;1-2-3/h5-9,11H,4,10,15H2,1-3H3;6-7H,3-5H2,1-2H3,(H,10,12)(H,11,14);6H,3-5H2,1-2H3;3-4H,1-2H3;2H,1H3/b13-5-;;;;. The van der Waals surface area contributed by atoms with Crippen LogP contribution >= 0.6 is 0 Å². The quantitative estimate of drug-likeness (QED) is 0.152. The van der Waals surface area contributed by atoms with Crippen molar-refractivity contribution in [1.29, 1.82) is 0 Å². The zero-order chi connectivity index (χ0) is 34.8. The van der Waals surface area contributed by atoms with Gasteiger partial charge in [0.1, 0.15) is 12.1 Å². The molecule has 0 bridgehead atoms. The van der Waals surface area contributed by atoms with E-state index >= 15 is 0 Å². The Morgan fingerprint density at radius 1 is 1.02 bits per heavy atom. The molecule has 2 unspecified atom stereocenters. The molecule has 10 heteroatoms. The summed E-state index contributed by atoms with van der Waals surface area (Å²) in [6.07, 6.45) is 9.14. The normalized spacial score (nSPS) is 11.1. The van der Waals surface area contributed by atoms with Crippen LogP contribution in [0.4, 0.5) is 0 Å². The summed E-state index contributed by atoms with van der Waals surface area (Å²) in [5.74, 6) is -0.134. The number of nitrogens with one attached hydrogen (secondary N) is 3. The molecule has 1 aromatic rings. The molecule has 0 saturated carbocycles. The largest absolute Gasteiger partial charge is 0.465 e. The smallest absolute Gasteiger partial charge is 0.293 e. The molecular weight excluding hydrogens is 560 g/mol. The first-order valence-electron chi connectivity index (χ1n) is 15.4. The Morgan fingerprint density at radius 2 is 1.61 bits per heavy atom. The van der Waals surface area contributed by atoms with Crippen LogP contribution in [0.1, 0.15) is 106 Å². The van der Waals surface area contributed by atoms with Crippen LogP contribution in [0.2, 0.25) is 0 Å². The molecular formula is C34H62N4O6. The van der Waals surface area contributed by atoms with Crippen LogP contribution in [0.25, 0.3) is 5.57 Å². The van der Waals surface area contributed by atoms with Gasteiger partial charge in [-0.25, -0.2) is 0 Å². The van der Waals surface area contributed by atoms with Gasteiger partial charge in [0.15, 0.2) is 0 Å². The second-order valence-corrected chi connectivity index (χ2v) is 10.2. The average molecular weight is 623 g/mol. The number of aldehydes is 1. The lowest BCUT2D eigenvalue weighted by Gasteiger charge is -2.13. The summed E-state index contributed by atoms with van der Waals surface area (Å²) in [4.78, 5) is 49.7. The topological polar surface area (TPSA) is 157 Å². The van der Waals surface area contributed by atoms with Crippen molar-refractivity contribution in [2.24, 2.45) is 5.73 Å². The first-order valence-corrected chi connectivity index (χ1v) is 15.4. The van der Waals surface area contributed by atoms with Gasteiger partial charge in [-0.15, -0.1) is 0 Å². The van der Waals surface area contributed by atoms with Crippen molar-refractivity contribution in [3.63, 3.8) is 0 Å². The second kappa shape index (κ2) is 35.8. The van der Waals surface area contributed by atoms with Gasteiger partial charge in [0.2, 0.25) is 12.3 Å². The summed E-state index contributed by atoms with van der Waals surface area (Å²) in [6.45, 7) is 18.5. The number of ether oxygens (including phenoxy) is 1. The Morgan fingerprint density at radius 3 is 1.98 bits per heavy atom. The molecule has 0 aliphatic carbocycles. The van der Waals surface area contributed by atoms with Crippen LogP contribution in [0.5, 0.6) is 0 Å². The Kier molecular flexibility index (Phi) is 38.7. The molecule has 0 fully saturated rings. The van der Waals surface area contributed by atoms with Gasteiger partial charge in [-0.3, -0.25) is 14.4 Å². The molecule has 254 valence electrons. The zero-order valence-electron chi connectivity index (χ0n) is 29.0. The highest BCUT2D eigenvalue weighted by atomic mass is 16.5.